The summed E-state index contributed by atoms with van der Waals surface area (Å²) in [5.74, 6) is 1.64. The number of hydrogen-bond acceptors (Lipinski definition) is 3. The third-order valence-electron chi connectivity index (χ3n) is 3.12. The molecule has 1 unspecified atom stereocenters. The largest absolute Gasteiger partial charge is 0.491 e. The SMILES string of the molecule is NC1COc2cc(OCc3ccc(Br)cc3)ccc21. The van der Waals surface area contributed by atoms with Crippen LogP contribution in [0, 0.1) is 0 Å². The Bertz CT molecular complexity index is 583. The van der Waals surface area contributed by atoms with Crippen molar-refractivity contribution in [3.05, 3.63) is 58.1 Å². The number of ether oxygens (including phenoxy) is 2. The van der Waals surface area contributed by atoms with Crippen LogP contribution < -0.4 is 15.2 Å². The van der Waals surface area contributed by atoms with E-state index in [0.717, 1.165) is 27.1 Å². The minimum Gasteiger partial charge on any atom is -0.491 e. The molecule has 0 saturated carbocycles. The lowest BCUT2D eigenvalue weighted by Gasteiger charge is -2.08. The molecular formula is C15H14BrNO2. The molecule has 98 valence electrons. The van der Waals surface area contributed by atoms with E-state index in [1.54, 1.807) is 0 Å². The molecule has 2 aromatic rings. The van der Waals surface area contributed by atoms with E-state index in [1.165, 1.54) is 0 Å². The summed E-state index contributed by atoms with van der Waals surface area (Å²) in [7, 11) is 0. The minimum absolute atomic E-state index is 0.0180. The second-order valence-corrected chi connectivity index (χ2v) is 5.45. The van der Waals surface area contributed by atoms with Crippen LogP contribution in [0.1, 0.15) is 17.2 Å². The zero-order valence-electron chi connectivity index (χ0n) is 10.3. The molecule has 1 aliphatic rings. The molecule has 3 rings (SSSR count). The van der Waals surface area contributed by atoms with Gasteiger partial charge in [-0.3, -0.25) is 0 Å². The fraction of sp³-hybridized carbons (Fsp3) is 0.200. The zero-order chi connectivity index (χ0) is 13.2. The summed E-state index contributed by atoms with van der Waals surface area (Å²) in [5.41, 5.74) is 8.08. The maximum absolute atomic E-state index is 5.91. The Labute approximate surface area is 120 Å². The maximum atomic E-state index is 5.91. The third kappa shape index (κ3) is 2.74. The molecule has 0 aliphatic carbocycles. The molecule has 0 saturated heterocycles. The smallest absolute Gasteiger partial charge is 0.127 e. The third-order valence-corrected chi connectivity index (χ3v) is 3.65. The van der Waals surface area contributed by atoms with Gasteiger partial charge in [-0.25, -0.2) is 0 Å². The first-order valence-corrected chi connectivity index (χ1v) is 6.91. The van der Waals surface area contributed by atoms with Gasteiger partial charge >= 0.3 is 0 Å². The summed E-state index contributed by atoms with van der Waals surface area (Å²) in [6.07, 6.45) is 0. The van der Waals surface area contributed by atoms with Crippen molar-refractivity contribution in [2.45, 2.75) is 12.6 Å². The highest BCUT2D eigenvalue weighted by Crippen LogP contribution is 2.34. The summed E-state index contributed by atoms with van der Waals surface area (Å²) in [6, 6.07) is 13.9. The van der Waals surface area contributed by atoms with Crippen molar-refractivity contribution in [3.63, 3.8) is 0 Å². The van der Waals surface area contributed by atoms with Gasteiger partial charge in [0, 0.05) is 16.1 Å². The van der Waals surface area contributed by atoms with Crippen LogP contribution >= 0.6 is 15.9 Å². The molecule has 1 heterocycles. The number of halogens is 1. The lowest BCUT2D eigenvalue weighted by Crippen LogP contribution is -2.10. The fourth-order valence-electron chi connectivity index (χ4n) is 2.05. The summed E-state index contributed by atoms with van der Waals surface area (Å²) < 4.78 is 12.3. The van der Waals surface area contributed by atoms with Crippen molar-refractivity contribution in [2.24, 2.45) is 5.73 Å². The van der Waals surface area contributed by atoms with Crippen LogP contribution in [0.4, 0.5) is 0 Å². The summed E-state index contributed by atoms with van der Waals surface area (Å²) >= 11 is 3.41. The van der Waals surface area contributed by atoms with Crippen molar-refractivity contribution >= 4 is 15.9 Å². The van der Waals surface area contributed by atoms with Crippen LogP contribution in [0.15, 0.2) is 46.9 Å². The van der Waals surface area contributed by atoms with Crippen LogP contribution in [-0.2, 0) is 6.61 Å². The van der Waals surface area contributed by atoms with Crippen molar-refractivity contribution in [1.29, 1.82) is 0 Å². The lowest BCUT2D eigenvalue weighted by molar-refractivity contribution is 0.301. The molecule has 19 heavy (non-hydrogen) atoms. The molecule has 3 nitrogen and oxygen atoms in total. The van der Waals surface area contributed by atoms with E-state index in [-0.39, 0.29) is 6.04 Å². The topological polar surface area (TPSA) is 44.5 Å². The quantitative estimate of drug-likeness (QED) is 0.942. The van der Waals surface area contributed by atoms with E-state index in [4.69, 9.17) is 15.2 Å². The highest BCUT2D eigenvalue weighted by Gasteiger charge is 2.20. The standard InChI is InChI=1S/C15H14BrNO2/c16-11-3-1-10(2-4-11)8-18-12-5-6-13-14(17)9-19-15(13)7-12/h1-7,14H,8-9,17H2. The van der Waals surface area contributed by atoms with Crippen molar-refractivity contribution < 1.29 is 9.47 Å². The number of fused-ring (bicyclic) bond motifs is 1. The van der Waals surface area contributed by atoms with Crippen molar-refractivity contribution in [2.75, 3.05) is 6.61 Å². The van der Waals surface area contributed by atoms with Gasteiger partial charge in [-0.1, -0.05) is 28.1 Å². The molecule has 0 aromatic heterocycles. The van der Waals surface area contributed by atoms with E-state index in [0.29, 0.717) is 13.2 Å². The van der Waals surface area contributed by atoms with Gasteiger partial charge in [-0.05, 0) is 29.8 Å². The molecule has 0 spiro atoms. The summed E-state index contributed by atoms with van der Waals surface area (Å²) in [4.78, 5) is 0. The lowest BCUT2D eigenvalue weighted by atomic mass is 10.1. The first-order valence-electron chi connectivity index (χ1n) is 6.12. The van der Waals surface area contributed by atoms with Gasteiger partial charge in [0.25, 0.3) is 0 Å². The molecule has 2 aromatic carbocycles. The first-order chi connectivity index (χ1) is 9.22. The molecule has 0 amide bonds. The number of hydrogen-bond donors (Lipinski definition) is 1. The van der Waals surface area contributed by atoms with Crippen LogP contribution in [0.5, 0.6) is 11.5 Å². The number of benzene rings is 2. The van der Waals surface area contributed by atoms with E-state index >= 15 is 0 Å². The van der Waals surface area contributed by atoms with Crippen LogP contribution in [-0.4, -0.2) is 6.61 Å². The molecule has 0 bridgehead atoms. The minimum atomic E-state index is -0.0180. The fourth-order valence-corrected chi connectivity index (χ4v) is 2.32. The predicted molar refractivity (Wildman–Crippen MR) is 77.3 cm³/mol. The average Bonchev–Trinajstić information content (AvgIpc) is 2.79. The molecule has 1 aliphatic heterocycles. The Kier molecular flexibility index (Phi) is 3.44. The van der Waals surface area contributed by atoms with Gasteiger partial charge in [-0.15, -0.1) is 0 Å². The Morgan fingerprint density at radius 2 is 2.00 bits per heavy atom. The van der Waals surface area contributed by atoms with Gasteiger partial charge < -0.3 is 15.2 Å². The molecule has 2 N–H and O–H groups in total. The second-order valence-electron chi connectivity index (χ2n) is 4.53. The first kappa shape index (κ1) is 12.5. The molecule has 4 heteroatoms. The molecule has 1 atom stereocenters. The van der Waals surface area contributed by atoms with Gasteiger partial charge in [0.1, 0.15) is 24.7 Å². The van der Waals surface area contributed by atoms with Gasteiger partial charge in [0.2, 0.25) is 0 Å². The van der Waals surface area contributed by atoms with Crippen LogP contribution in [0.25, 0.3) is 0 Å². The number of rotatable bonds is 3. The normalized spacial score (nSPS) is 16.8. The van der Waals surface area contributed by atoms with E-state index in [1.807, 2.05) is 42.5 Å². The Hall–Kier alpha value is -1.52. The highest BCUT2D eigenvalue weighted by atomic mass is 79.9. The van der Waals surface area contributed by atoms with Crippen molar-refractivity contribution in [1.82, 2.24) is 0 Å². The monoisotopic (exact) mass is 319 g/mol. The van der Waals surface area contributed by atoms with Gasteiger partial charge in [0.15, 0.2) is 0 Å². The summed E-state index contributed by atoms with van der Waals surface area (Å²) in [5, 5.41) is 0. The molecule has 0 fully saturated rings. The van der Waals surface area contributed by atoms with Crippen LogP contribution in [0.2, 0.25) is 0 Å². The Balaban J connectivity index is 1.69. The maximum Gasteiger partial charge on any atom is 0.127 e. The molecule has 0 radical (unpaired) electrons. The molecular weight excluding hydrogens is 306 g/mol. The average molecular weight is 320 g/mol. The Morgan fingerprint density at radius 3 is 2.79 bits per heavy atom. The zero-order valence-corrected chi connectivity index (χ0v) is 11.9. The van der Waals surface area contributed by atoms with Crippen molar-refractivity contribution in [3.8, 4) is 11.5 Å². The Morgan fingerprint density at radius 1 is 1.21 bits per heavy atom. The van der Waals surface area contributed by atoms with Gasteiger partial charge in [0.05, 0.1) is 6.04 Å². The van der Waals surface area contributed by atoms with Crippen LogP contribution in [0.3, 0.4) is 0 Å². The van der Waals surface area contributed by atoms with E-state index < -0.39 is 0 Å². The number of nitrogens with two attached hydrogens (primary N) is 1. The van der Waals surface area contributed by atoms with E-state index in [2.05, 4.69) is 15.9 Å². The van der Waals surface area contributed by atoms with E-state index in [9.17, 15) is 0 Å². The highest BCUT2D eigenvalue weighted by molar-refractivity contribution is 9.10. The summed E-state index contributed by atoms with van der Waals surface area (Å²) in [6.45, 7) is 1.09. The second kappa shape index (κ2) is 5.23. The van der Waals surface area contributed by atoms with Gasteiger partial charge in [-0.2, -0.15) is 0 Å². The predicted octanol–water partition coefficient (Wildman–Crippen LogP) is 3.42.